The van der Waals surface area contributed by atoms with E-state index in [1.165, 1.54) is 18.2 Å². The minimum atomic E-state index is -0.433. The molecule has 0 heterocycles. The molecule has 0 aliphatic carbocycles. The number of benzene rings is 1. The number of carbonyl (C=O) groups is 1. The van der Waals surface area contributed by atoms with Crippen LogP contribution in [-0.2, 0) is 4.79 Å². The average Bonchev–Trinajstić information content (AvgIpc) is 2.40. The summed E-state index contributed by atoms with van der Waals surface area (Å²) in [6.45, 7) is 1.96. The first kappa shape index (κ1) is 15.2. The van der Waals surface area contributed by atoms with Crippen molar-refractivity contribution in [2.45, 2.75) is 32.6 Å². The molecule has 1 aromatic carbocycles. The minimum absolute atomic E-state index is 0.0535. The highest BCUT2D eigenvalue weighted by molar-refractivity contribution is 5.90. The Morgan fingerprint density at radius 1 is 1.47 bits per heavy atom. The van der Waals surface area contributed by atoms with Gasteiger partial charge in [-0.25, -0.2) is 4.39 Å². The maximum atomic E-state index is 13.5. The normalized spacial score (nSPS) is 9.63. The van der Waals surface area contributed by atoms with E-state index in [9.17, 15) is 9.18 Å². The van der Waals surface area contributed by atoms with E-state index in [4.69, 9.17) is 5.11 Å². The summed E-state index contributed by atoms with van der Waals surface area (Å²) in [5, 5.41) is 11.3. The monoisotopic (exact) mass is 263 g/mol. The third kappa shape index (κ3) is 5.54. The Labute approximate surface area is 112 Å². The number of amides is 1. The molecular weight excluding hydrogens is 245 g/mol. The fraction of sp³-hybridized carbons (Fsp3) is 0.400. The number of aliphatic hydroxyl groups is 1. The molecule has 2 N–H and O–H groups in total. The highest BCUT2D eigenvalue weighted by Crippen LogP contribution is 2.14. The summed E-state index contributed by atoms with van der Waals surface area (Å²) in [4.78, 5) is 11.6. The lowest BCUT2D eigenvalue weighted by atomic mass is 10.1. The SMILES string of the molecule is CCCCC(=O)Nc1ccc(F)c(C#CCCO)c1. The number of rotatable bonds is 5. The van der Waals surface area contributed by atoms with E-state index in [0.29, 0.717) is 18.5 Å². The second-order valence-electron chi connectivity index (χ2n) is 4.12. The molecule has 0 aliphatic heterocycles. The number of anilines is 1. The quantitative estimate of drug-likeness (QED) is 0.802. The zero-order chi connectivity index (χ0) is 14.1. The van der Waals surface area contributed by atoms with Gasteiger partial charge in [0.1, 0.15) is 5.82 Å². The molecular formula is C15H18FNO2. The maximum Gasteiger partial charge on any atom is 0.224 e. The fourth-order valence-corrected chi connectivity index (χ4v) is 1.47. The molecule has 1 aromatic rings. The molecule has 0 atom stereocenters. The first-order valence-corrected chi connectivity index (χ1v) is 6.36. The summed E-state index contributed by atoms with van der Waals surface area (Å²) in [5.41, 5.74) is 0.762. The molecule has 1 amide bonds. The van der Waals surface area contributed by atoms with Crippen LogP contribution in [0.1, 0.15) is 38.2 Å². The van der Waals surface area contributed by atoms with Crippen LogP contribution < -0.4 is 5.32 Å². The fourth-order valence-electron chi connectivity index (χ4n) is 1.47. The molecule has 0 unspecified atom stereocenters. The molecule has 0 fully saturated rings. The van der Waals surface area contributed by atoms with Gasteiger partial charge in [-0.3, -0.25) is 4.79 Å². The highest BCUT2D eigenvalue weighted by atomic mass is 19.1. The molecule has 3 nitrogen and oxygen atoms in total. The van der Waals surface area contributed by atoms with E-state index < -0.39 is 5.82 Å². The Morgan fingerprint density at radius 2 is 2.26 bits per heavy atom. The van der Waals surface area contributed by atoms with Crippen LogP contribution in [0.2, 0.25) is 0 Å². The Balaban J connectivity index is 2.73. The van der Waals surface area contributed by atoms with Crippen molar-refractivity contribution in [3.05, 3.63) is 29.6 Å². The van der Waals surface area contributed by atoms with Gasteiger partial charge in [0.05, 0.1) is 12.2 Å². The summed E-state index contributed by atoms with van der Waals surface area (Å²) in [5.74, 6) is 4.77. The van der Waals surface area contributed by atoms with Crippen molar-refractivity contribution < 1.29 is 14.3 Å². The number of nitrogens with one attached hydrogen (secondary N) is 1. The van der Waals surface area contributed by atoms with Crippen LogP contribution in [-0.4, -0.2) is 17.6 Å². The molecule has 4 heteroatoms. The Kier molecular flexibility index (Phi) is 6.62. The summed E-state index contributed by atoms with van der Waals surface area (Å²) < 4.78 is 13.5. The van der Waals surface area contributed by atoms with Crippen LogP contribution in [0, 0.1) is 17.7 Å². The van der Waals surface area contributed by atoms with E-state index in [-0.39, 0.29) is 18.1 Å². The predicted octanol–water partition coefficient (Wildman–Crippen LogP) is 2.69. The van der Waals surface area contributed by atoms with Gasteiger partial charge in [0.25, 0.3) is 0 Å². The molecule has 19 heavy (non-hydrogen) atoms. The number of unbranched alkanes of at least 4 members (excludes halogenated alkanes) is 1. The Hall–Kier alpha value is -1.86. The van der Waals surface area contributed by atoms with Crippen molar-refractivity contribution in [1.29, 1.82) is 0 Å². The number of hydrogen-bond acceptors (Lipinski definition) is 2. The smallest absolute Gasteiger partial charge is 0.224 e. The lowest BCUT2D eigenvalue weighted by Crippen LogP contribution is -2.11. The standard InChI is InChI=1S/C15H18FNO2/c1-2-3-7-15(19)17-13-8-9-14(16)12(11-13)6-4-5-10-18/h8-9,11,18H,2-3,5,7,10H2,1H3,(H,17,19). The highest BCUT2D eigenvalue weighted by Gasteiger charge is 2.04. The van der Waals surface area contributed by atoms with Crippen LogP contribution in [0.15, 0.2) is 18.2 Å². The third-order valence-electron chi connectivity index (χ3n) is 2.47. The summed E-state index contributed by atoms with van der Waals surface area (Å²) in [6.07, 6.45) is 2.54. The maximum absolute atomic E-state index is 13.5. The lowest BCUT2D eigenvalue weighted by Gasteiger charge is -2.05. The predicted molar refractivity (Wildman–Crippen MR) is 73.1 cm³/mol. The van der Waals surface area contributed by atoms with Crippen LogP contribution in [0.5, 0.6) is 0 Å². The number of hydrogen-bond donors (Lipinski definition) is 2. The molecule has 102 valence electrons. The molecule has 0 bridgehead atoms. The molecule has 0 saturated heterocycles. The zero-order valence-electron chi connectivity index (χ0n) is 11.0. The third-order valence-corrected chi connectivity index (χ3v) is 2.47. The lowest BCUT2D eigenvalue weighted by molar-refractivity contribution is -0.116. The molecule has 0 spiro atoms. The van der Waals surface area contributed by atoms with Crippen LogP contribution in [0.3, 0.4) is 0 Å². The van der Waals surface area contributed by atoms with E-state index in [0.717, 1.165) is 12.8 Å². The van der Waals surface area contributed by atoms with Gasteiger partial charge in [0.2, 0.25) is 5.91 Å². The topological polar surface area (TPSA) is 49.3 Å². The van der Waals surface area contributed by atoms with Gasteiger partial charge in [-0.2, -0.15) is 0 Å². The van der Waals surface area contributed by atoms with Crippen LogP contribution in [0.4, 0.5) is 10.1 Å². The Bertz CT molecular complexity index is 489. The molecule has 0 saturated carbocycles. The Morgan fingerprint density at radius 3 is 2.95 bits per heavy atom. The van der Waals surface area contributed by atoms with Gasteiger partial charge in [-0.05, 0) is 24.6 Å². The summed E-state index contributed by atoms with van der Waals surface area (Å²) >= 11 is 0. The van der Waals surface area contributed by atoms with Gasteiger partial charge in [0.15, 0.2) is 0 Å². The van der Waals surface area contributed by atoms with E-state index in [1.807, 2.05) is 6.92 Å². The zero-order valence-corrected chi connectivity index (χ0v) is 11.0. The first-order chi connectivity index (χ1) is 9.17. The average molecular weight is 263 g/mol. The minimum Gasteiger partial charge on any atom is -0.395 e. The van der Waals surface area contributed by atoms with Crippen molar-refractivity contribution in [2.75, 3.05) is 11.9 Å². The molecule has 0 radical (unpaired) electrons. The number of carbonyl (C=O) groups excluding carboxylic acids is 1. The second-order valence-corrected chi connectivity index (χ2v) is 4.12. The van der Waals surface area contributed by atoms with Crippen molar-refractivity contribution in [3.8, 4) is 11.8 Å². The van der Waals surface area contributed by atoms with E-state index >= 15 is 0 Å². The van der Waals surface area contributed by atoms with Gasteiger partial charge in [-0.1, -0.05) is 25.2 Å². The van der Waals surface area contributed by atoms with Gasteiger partial charge < -0.3 is 10.4 Å². The van der Waals surface area contributed by atoms with E-state index in [1.54, 1.807) is 0 Å². The van der Waals surface area contributed by atoms with Crippen molar-refractivity contribution in [2.24, 2.45) is 0 Å². The van der Waals surface area contributed by atoms with Crippen LogP contribution in [0.25, 0.3) is 0 Å². The summed E-state index contributed by atoms with van der Waals surface area (Å²) in [6, 6.07) is 4.29. The molecule has 1 rings (SSSR count). The molecule has 0 aromatic heterocycles. The summed E-state index contributed by atoms with van der Waals surface area (Å²) in [7, 11) is 0. The van der Waals surface area contributed by atoms with Crippen molar-refractivity contribution >= 4 is 11.6 Å². The number of aliphatic hydroxyl groups excluding tert-OH is 1. The van der Waals surface area contributed by atoms with Crippen LogP contribution >= 0.6 is 0 Å². The van der Waals surface area contributed by atoms with Gasteiger partial charge in [-0.15, -0.1) is 0 Å². The largest absolute Gasteiger partial charge is 0.395 e. The number of halogens is 1. The van der Waals surface area contributed by atoms with Crippen molar-refractivity contribution in [1.82, 2.24) is 0 Å². The van der Waals surface area contributed by atoms with Crippen molar-refractivity contribution in [3.63, 3.8) is 0 Å². The first-order valence-electron chi connectivity index (χ1n) is 6.36. The molecule has 0 aliphatic rings. The van der Waals surface area contributed by atoms with Gasteiger partial charge in [0, 0.05) is 18.5 Å². The second kappa shape index (κ2) is 8.28. The van der Waals surface area contributed by atoms with Gasteiger partial charge >= 0.3 is 0 Å². The van der Waals surface area contributed by atoms with E-state index in [2.05, 4.69) is 17.2 Å².